The molecule has 0 spiro atoms. The molecule has 0 saturated heterocycles. The monoisotopic (exact) mass is 367 g/mol. The summed E-state index contributed by atoms with van der Waals surface area (Å²) in [7, 11) is 1.75. The van der Waals surface area contributed by atoms with Crippen LogP contribution in [-0.4, -0.2) is 17.9 Å². The van der Waals surface area contributed by atoms with E-state index in [1.807, 2.05) is 6.07 Å². The molecule has 0 aliphatic carbocycles. The second kappa shape index (κ2) is 5.63. The van der Waals surface area contributed by atoms with Gasteiger partial charge < -0.3 is 15.4 Å². The lowest BCUT2D eigenvalue weighted by molar-refractivity contribution is -0.117. The van der Waals surface area contributed by atoms with Crippen molar-refractivity contribution in [2.75, 3.05) is 12.4 Å². The van der Waals surface area contributed by atoms with E-state index >= 15 is 0 Å². The summed E-state index contributed by atoms with van der Waals surface area (Å²) < 4.78 is 6.50. The number of aromatic nitrogens is 1. The van der Waals surface area contributed by atoms with Crippen molar-refractivity contribution in [1.29, 1.82) is 0 Å². The zero-order chi connectivity index (χ0) is 15.0. The van der Waals surface area contributed by atoms with Crippen LogP contribution in [0.5, 0.6) is 11.5 Å². The highest BCUT2D eigenvalue weighted by Gasteiger charge is 2.30. The van der Waals surface area contributed by atoms with E-state index in [1.54, 1.807) is 25.4 Å². The van der Waals surface area contributed by atoms with E-state index in [1.165, 1.54) is 6.20 Å². The Morgan fingerprint density at radius 3 is 2.90 bits per heavy atom. The number of fused-ring (bicyclic) bond motifs is 1. The van der Waals surface area contributed by atoms with Crippen molar-refractivity contribution in [2.45, 2.75) is 6.04 Å². The lowest BCUT2D eigenvalue weighted by Gasteiger charge is -2.11. The van der Waals surface area contributed by atoms with Gasteiger partial charge in [0, 0.05) is 29.6 Å². The van der Waals surface area contributed by atoms with E-state index in [0.717, 1.165) is 15.7 Å². The van der Waals surface area contributed by atoms with Gasteiger partial charge in [0.25, 0.3) is 0 Å². The molecule has 21 heavy (non-hydrogen) atoms. The minimum Gasteiger partial charge on any atom is -0.454 e. The Labute approximate surface area is 134 Å². The third-order valence-electron chi connectivity index (χ3n) is 3.13. The minimum absolute atomic E-state index is 0.0824. The molecule has 1 atom stereocenters. The summed E-state index contributed by atoms with van der Waals surface area (Å²) >= 11 is 9.34. The SMILES string of the molecule is CNC1C(=O)Nc2cc(Oc3cncc(Cl)c3)c(Br)cc21. The lowest BCUT2D eigenvalue weighted by atomic mass is 10.1. The van der Waals surface area contributed by atoms with Crippen molar-refractivity contribution < 1.29 is 9.53 Å². The van der Waals surface area contributed by atoms with Crippen molar-refractivity contribution in [1.82, 2.24) is 10.3 Å². The summed E-state index contributed by atoms with van der Waals surface area (Å²) in [6, 6.07) is 4.96. The maximum Gasteiger partial charge on any atom is 0.246 e. The average Bonchev–Trinajstić information content (AvgIpc) is 2.74. The van der Waals surface area contributed by atoms with Crippen LogP contribution in [0.25, 0.3) is 0 Å². The number of anilines is 1. The number of hydrogen-bond acceptors (Lipinski definition) is 4. The lowest BCUT2D eigenvalue weighted by Crippen LogP contribution is -2.23. The maximum atomic E-state index is 11.8. The third kappa shape index (κ3) is 2.74. The number of amides is 1. The van der Waals surface area contributed by atoms with Crippen LogP contribution in [0.4, 0.5) is 5.69 Å². The zero-order valence-electron chi connectivity index (χ0n) is 11.0. The molecule has 0 radical (unpaired) electrons. The number of rotatable bonds is 3. The molecular formula is C14H11BrClN3O2. The second-order valence-electron chi connectivity index (χ2n) is 4.52. The maximum absolute atomic E-state index is 11.8. The van der Waals surface area contributed by atoms with Gasteiger partial charge in [-0.2, -0.15) is 0 Å². The average molecular weight is 369 g/mol. The first-order valence-electron chi connectivity index (χ1n) is 6.18. The first-order valence-corrected chi connectivity index (χ1v) is 7.35. The molecule has 0 saturated carbocycles. The van der Waals surface area contributed by atoms with Crippen LogP contribution in [0.3, 0.4) is 0 Å². The normalized spacial score (nSPS) is 16.5. The van der Waals surface area contributed by atoms with Crippen LogP contribution < -0.4 is 15.4 Å². The van der Waals surface area contributed by atoms with Crippen LogP contribution in [0.2, 0.25) is 5.02 Å². The Bertz CT molecular complexity index is 723. The molecule has 0 bridgehead atoms. The standard InChI is InChI=1S/C14H11BrClN3O2/c1-17-13-9-3-10(15)12(4-11(9)19-14(13)20)21-8-2-7(16)5-18-6-8/h2-6,13,17H,1H3,(H,19,20). The highest BCUT2D eigenvalue weighted by molar-refractivity contribution is 9.10. The molecule has 2 N–H and O–H groups in total. The molecule has 0 fully saturated rings. The zero-order valence-corrected chi connectivity index (χ0v) is 13.3. The molecule has 1 aromatic carbocycles. The summed E-state index contributed by atoms with van der Waals surface area (Å²) in [5, 5.41) is 6.29. The third-order valence-corrected chi connectivity index (χ3v) is 3.96. The largest absolute Gasteiger partial charge is 0.454 e. The Kier molecular flexibility index (Phi) is 3.84. The fraction of sp³-hybridized carbons (Fsp3) is 0.143. The summed E-state index contributed by atoms with van der Waals surface area (Å²) in [5.74, 6) is 1.02. The van der Waals surface area contributed by atoms with Gasteiger partial charge in [0.1, 0.15) is 17.5 Å². The van der Waals surface area contributed by atoms with Gasteiger partial charge in [-0.3, -0.25) is 9.78 Å². The highest BCUT2D eigenvalue weighted by atomic mass is 79.9. The van der Waals surface area contributed by atoms with E-state index in [4.69, 9.17) is 16.3 Å². The fourth-order valence-electron chi connectivity index (χ4n) is 2.20. The molecule has 108 valence electrons. The highest BCUT2D eigenvalue weighted by Crippen LogP contribution is 2.40. The Hall–Kier alpha value is -1.63. The summed E-state index contributed by atoms with van der Waals surface area (Å²) in [6.07, 6.45) is 3.10. The summed E-state index contributed by atoms with van der Waals surface area (Å²) in [4.78, 5) is 15.8. The molecule has 2 aromatic rings. The predicted molar refractivity (Wildman–Crippen MR) is 83.9 cm³/mol. The molecule has 7 heteroatoms. The molecule has 5 nitrogen and oxygen atoms in total. The van der Waals surface area contributed by atoms with Crippen LogP contribution in [-0.2, 0) is 4.79 Å². The second-order valence-corrected chi connectivity index (χ2v) is 5.81. The van der Waals surface area contributed by atoms with E-state index in [-0.39, 0.29) is 11.9 Å². The Balaban J connectivity index is 1.95. The molecule has 1 unspecified atom stereocenters. The predicted octanol–water partition coefficient (Wildman–Crippen LogP) is 3.50. The number of likely N-dealkylation sites (N-methyl/N-ethyl adjacent to an activating group) is 1. The summed E-state index contributed by atoms with van der Waals surface area (Å²) in [6.45, 7) is 0. The number of benzene rings is 1. The van der Waals surface area contributed by atoms with Gasteiger partial charge in [-0.15, -0.1) is 0 Å². The van der Waals surface area contributed by atoms with Crippen molar-refractivity contribution >= 4 is 39.1 Å². The van der Waals surface area contributed by atoms with E-state index in [2.05, 4.69) is 31.5 Å². The number of ether oxygens (including phenoxy) is 1. The Morgan fingerprint density at radius 1 is 1.38 bits per heavy atom. The van der Waals surface area contributed by atoms with Gasteiger partial charge in [0.2, 0.25) is 5.91 Å². The topological polar surface area (TPSA) is 63.2 Å². The number of halogens is 2. The fourth-order valence-corrected chi connectivity index (χ4v) is 2.81. The number of pyridine rings is 1. The van der Waals surface area contributed by atoms with Crippen LogP contribution in [0.15, 0.2) is 35.1 Å². The number of nitrogens with one attached hydrogen (secondary N) is 2. The molecule has 1 aliphatic rings. The van der Waals surface area contributed by atoms with Gasteiger partial charge in [0.15, 0.2) is 0 Å². The van der Waals surface area contributed by atoms with E-state index in [9.17, 15) is 4.79 Å². The number of nitrogens with zero attached hydrogens (tertiary/aromatic N) is 1. The number of hydrogen-bond donors (Lipinski definition) is 2. The van der Waals surface area contributed by atoms with Gasteiger partial charge >= 0.3 is 0 Å². The van der Waals surface area contributed by atoms with Crippen molar-refractivity contribution in [3.05, 3.63) is 45.7 Å². The number of carbonyl (C=O) groups excluding carboxylic acids is 1. The van der Waals surface area contributed by atoms with Crippen molar-refractivity contribution in [2.24, 2.45) is 0 Å². The van der Waals surface area contributed by atoms with E-state index < -0.39 is 0 Å². The van der Waals surface area contributed by atoms with Crippen molar-refractivity contribution in [3.63, 3.8) is 0 Å². The number of carbonyl (C=O) groups is 1. The summed E-state index contributed by atoms with van der Waals surface area (Å²) in [5.41, 5.74) is 1.61. The quantitative estimate of drug-likeness (QED) is 0.870. The first kappa shape index (κ1) is 14.3. The molecular weight excluding hydrogens is 358 g/mol. The smallest absolute Gasteiger partial charge is 0.246 e. The van der Waals surface area contributed by atoms with Gasteiger partial charge in [-0.25, -0.2) is 0 Å². The van der Waals surface area contributed by atoms with Gasteiger partial charge in [-0.1, -0.05) is 11.6 Å². The molecule has 2 heterocycles. The van der Waals surface area contributed by atoms with Gasteiger partial charge in [-0.05, 0) is 29.0 Å². The molecule has 1 amide bonds. The van der Waals surface area contributed by atoms with Crippen LogP contribution in [0, 0.1) is 0 Å². The van der Waals surface area contributed by atoms with Crippen LogP contribution >= 0.6 is 27.5 Å². The van der Waals surface area contributed by atoms with E-state index in [0.29, 0.717) is 16.5 Å². The Morgan fingerprint density at radius 2 is 2.19 bits per heavy atom. The van der Waals surface area contributed by atoms with Crippen molar-refractivity contribution in [3.8, 4) is 11.5 Å². The first-order chi connectivity index (χ1) is 10.1. The molecule has 1 aliphatic heterocycles. The minimum atomic E-state index is -0.349. The van der Waals surface area contributed by atoms with Gasteiger partial charge in [0.05, 0.1) is 15.7 Å². The molecule has 3 rings (SSSR count). The van der Waals surface area contributed by atoms with Crippen LogP contribution in [0.1, 0.15) is 11.6 Å². The molecule has 1 aromatic heterocycles.